The van der Waals surface area contributed by atoms with E-state index in [0.717, 1.165) is 18.7 Å². The van der Waals surface area contributed by atoms with Crippen molar-refractivity contribution in [2.24, 2.45) is 5.41 Å². The zero-order chi connectivity index (χ0) is 14.4. The summed E-state index contributed by atoms with van der Waals surface area (Å²) in [4.78, 5) is 0. The lowest BCUT2D eigenvalue weighted by atomic mass is 9.82. The molecule has 0 amide bonds. The largest absolute Gasteiger partial charge is 0.487 e. The van der Waals surface area contributed by atoms with E-state index in [-0.39, 0.29) is 5.60 Å². The summed E-state index contributed by atoms with van der Waals surface area (Å²) in [5, 5.41) is 3.67. The minimum Gasteiger partial charge on any atom is -0.487 e. The van der Waals surface area contributed by atoms with Crippen molar-refractivity contribution < 1.29 is 4.74 Å². The Morgan fingerprint density at radius 1 is 1.30 bits per heavy atom. The maximum atomic E-state index is 6.51. The van der Waals surface area contributed by atoms with E-state index in [1.165, 1.54) is 30.4 Å². The van der Waals surface area contributed by atoms with Crippen LogP contribution in [0.3, 0.4) is 0 Å². The Labute approximate surface area is 122 Å². The van der Waals surface area contributed by atoms with Crippen molar-refractivity contribution in [2.45, 2.75) is 65.0 Å². The van der Waals surface area contributed by atoms with Crippen LogP contribution in [0.5, 0.6) is 5.75 Å². The van der Waals surface area contributed by atoms with Crippen LogP contribution in [-0.4, -0.2) is 12.1 Å². The van der Waals surface area contributed by atoms with E-state index in [4.69, 9.17) is 4.74 Å². The predicted molar refractivity (Wildman–Crippen MR) is 83.2 cm³/mol. The second-order valence-electron chi connectivity index (χ2n) is 7.48. The average molecular weight is 273 g/mol. The van der Waals surface area contributed by atoms with Crippen LogP contribution in [0.25, 0.3) is 0 Å². The first-order chi connectivity index (χ1) is 9.43. The standard InChI is InChI=1S/C18H27NO/c1-5-19-15-11-18(9-8-17(3,4)12-18)20-16-7-6-13(2)10-14(15)16/h6-7,10,15,19H,5,8-9,11-12H2,1-4H3. The van der Waals surface area contributed by atoms with Crippen molar-refractivity contribution >= 4 is 0 Å². The van der Waals surface area contributed by atoms with Crippen molar-refractivity contribution in [3.63, 3.8) is 0 Å². The topological polar surface area (TPSA) is 21.3 Å². The molecule has 2 unspecified atom stereocenters. The molecule has 1 fully saturated rings. The van der Waals surface area contributed by atoms with E-state index in [1.54, 1.807) is 0 Å². The number of hydrogen-bond acceptors (Lipinski definition) is 2. The number of hydrogen-bond donors (Lipinski definition) is 1. The van der Waals surface area contributed by atoms with Crippen LogP contribution in [0, 0.1) is 12.3 Å². The Balaban J connectivity index is 1.95. The van der Waals surface area contributed by atoms with Gasteiger partial charge in [-0.25, -0.2) is 0 Å². The van der Waals surface area contributed by atoms with Gasteiger partial charge in [0, 0.05) is 18.0 Å². The highest BCUT2D eigenvalue weighted by Crippen LogP contribution is 2.52. The van der Waals surface area contributed by atoms with E-state index in [0.29, 0.717) is 11.5 Å². The van der Waals surface area contributed by atoms with Crippen LogP contribution in [0.15, 0.2) is 18.2 Å². The molecule has 1 aromatic rings. The van der Waals surface area contributed by atoms with Crippen molar-refractivity contribution in [3.8, 4) is 5.75 Å². The molecule has 1 saturated carbocycles. The van der Waals surface area contributed by atoms with Crippen molar-refractivity contribution in [1.29, 1.82) is 0 Å². The Bertz CT molecular complexity index is 508. The SMILES string of the molecule is CCNC1CC2(CCC(C)(C)C2)Oc2ccc(C)cc21. The molecule has 1 spiro atoms. The highest BCUT2D eigenvalue weighted by molar-refractivity contribution is 5.42. The van der Waals surface area contributed by atoms with E-state index >= 15 is 0 Å². The smallest absolute Gasteiger partial charge is 0.124 e. The first-order valence-corrected chi connectivity index (χ1v) is 7.96. The molecular formula is C18H27NO. The summed E-state index contributed by atoms with van der Waals surface area (Å²) < 4.78 is 6.51. The molecule has 0 saturated heterocycles. The van der Waals surface area contributed by atoms with Crippen LogP contribution in [0.2, 0.25) is 0 Å². The van der Waals surface area contributed by atoms with Gasteiger partial charge in [-0.3, -0.25) is 0 Å². The van der Waals surface area contributed by atoms with Gasteiger partial charge in [-0.2, -0.15) is 0 Å². The first-order valence-electron chi connectivity index (χ1n) is 7.96. The Morgan fingerprint density at radius 3 is 2.75 bits per heavy atom. The molecule has 0 bridgehead atoms. The number of nitrogens with one attached hydrogen (secondary N) is 1. The molecule has 1 aliphatic carbocycles. The van der Waals surface area contributed by atoms with Gasteiger partial charge in [0.25, 0.3) is 0 Å². The zero-order valence-corrected chi connectivity index (χ0v) is 13.3. The molecular weight excluding hydrogens is 246 g/mol. The second kappa shape index (κ2) is 4.77. The maximum Gasteiger partial charge on any atom is 0.124 e. The molecule has 2 nitrogen and oxygen atoms in total. The molecule has 2 heteroatoms. The third kappa shape index (κ3) is 2.46. The minimum absolute atomic E-state index is 0.0542. The van der Waals surface area contributed by atoms with E-state index in [2.05, 4.69) is 51.2 Å². The molecule has 1 N–H and O–H groups in total. The molecule has 0 aromatic heterocycles. The van der Waals surface area contributed by atoms with Gasteiger partial charge in [-0.15, -0.1) is 0 Å². The highest BCUT2D eigenvalue weighted by atomic mass is 16.5. The first kappa shape index (κ1) is 13.9. The third-order valence-electron chi connectivity index (χ3n) is 4.95. The summed E-state index contributed by atoms with van der Waals surface area (Å²) in [6.07, 6.45) is 4.75. The van der Waals surface area contributed by atoms with Crippen molar-refractivity contribution in [1.82, 2.24) is 5.32 Å². The third-order valence-corrected chi connectivity index (χ3v) is 4.95. The lowest BCUT2D eigenvalue weighted by molar-refractivity contribution is 0.0279. The molecule has 1 heterocycles. The van der Waals surface area contributed by atoms with Crippen LogP contribution in [-0.2, 0) is 0 Å². The van der Waals surface area contributed by atoms with Gasteiger partial charge in [0.2, 0.25) is 0 Å². The van der Waals surface area contributed by atoms with Gasteiger partial charge < -0.3 is 10.1 Å². The second-order valence-corrected chi connectivity index (χ2v) is 7.48. The lowest BCUT2D eigenvalue weighted by Gasteiger charge is -2.41. The normalized spacial score (nSPS) is 31.1. The summed E-state index contributed by atoms with van der Waals surface area (Å²) in [7, 11) is 0. The fourth-order valence-corrected chi connectivity index (χ4v) is 4.10. The quantitative estimate of drug-likeness (QED) is 0.863. The molecule has 110 valence electrons. The van der Waals surface area contributed by atoms with Crippen LogP contribution < -0.4 is 10.1 Å². The highest BCUT2D eigenvalue weighted by Gasteiger charge is 2.49. The number of ether oxygens (including phenoxy) is 1. The van der Waals surface area contributed by atoms with Gasteiger partial charge in [-0.1, -0.05) is 38.5 Å². The monoisotopic (exact) mass is 273 g/mol. The van der Waals surface area contributed by atoms with Crippen LogP contribution in [0.4, 0.5) is 0 Å². The summed E-state index contributed by atoms with van der Waals surface area (Å²) in [6, 6.07) is 7.06. The summed E-state index contributed by atoms with van der Waals surface area (Å²) >= 11 is 0. The molecule has 1 aromatic carbocycles. The summed E-state index contributed by atoms with van der Waals surface area (Å²) in [6.45, 7) is 10.1. The number of rotatable bonds is 2. The Hall–Kier alpha value is -1.02. The summed E-state index contributed by atoms with van der Waals surface area (Å²) in [5.74, 6) is 1.10. The number of aryl methyl sites for hydroxylation is 1. The molecule has 0 radical (unpaired) electrons. The van der Waals surface area contributed by atoms with Gasteiger partial charge >= 0.3 is 0 Å². The number of fused-ring (bicyclic) bond motifs is 1. The van der Waals surface area contributed by atoms with Crippen molar-refractivity contribution in [2.75, 3.05) is 6.54 Å². The maximum absolute atomic E-state index is 6.51. The van der Waals surface area contributed by atoms with Gasteiger partial charge in [0.1, 0.15) is 11.4 Å². The summed E-state index contributed by atoms with van der Waals surface area (Å²) in [5.41, 5.74) is 3.14. The van der Waals surface area contributed by atoms with Crippen LogP contribution >= 0.6 is 0 Å². The van der Waals surface area contributed by atoms with Crippen molar-refractivity contribution in [3.05, 3.63) is 29.3 Å². The lowest BCUT2D eigenvalue weighted by Crippen LogP contribution is -2.43. The zero-order valence-electron chi connectivity index (χ0n) is 13.3. The Kier molecular flexibility index (Phi) is 3.32. The molecule has 3 rings (SSSR count). The van der Waals surface area contributed by atoms with Gasteiger partial charge in [-0.05, 0) is 44.2 Å². The predicted octanol–water partition coefficient (Wildman–Crippen LogP) is 4.38. The number of benzene rings is 1. The fraction of sp³-hybridized carbons (Fsp3) is 0.667. The van der Waals surface area contributed by atoms with E-state index in [9.17, 15) is 0 Å². The minimum atomic E-state index is 0.0542. The Morgan fingerprint density at radius 2 is 2.10 bits per heavy atom. The molecule has 2 atom stereocenters. The fourth-order valence-electron chi connectivity index (χ4n) is 4.10. The molecule has 2 aliphatic rings. The van der Waals surface area contributed by atoms with Gasteiger partial charge in [0.05, 0.1) is 0 Å². The van der Waals surface area contributed by atoms with E-state index in [1.807, 2.05) is 0 Å². The van der Waals surface area contributed by atoms with E-state index < -0.39 is 0 Å². The molecule has 1 aliphatic heterocycles. The van der Waals surface area contributed by atoms with Gasteiger partial charge in [0.15, 0.2) is 0 Å². The molecule has 20 heavy (non-hydrogen) atoms. The average Bonchev–Trinajstić information content (AvgIpc) is 2.66. The van der Waals surface area contributed by atoms with Crippen LogP contribution in [0.1, 0.15) is 63.6 Å².